The highest BCUT2D eigenvalue weighted by Gasteiger charge is 2.24. The van der Waals surface area contributed by atoms with Crippen molar-refractivity contribution in [2.75, 3.05) is 5.32 Å². The highest BCUT2D eigenvalue weighted by molar-refractivity contribution is 6.31. The van der Waals surface area contributed by atoms with E-state index in [1.54, 1.807) is 10.7 Å². The predicted octanol–water partition coefficient (Wildman–Crippen LogP) is 5.53. The first-order valence-corrected chi connectivity index (χ1v) is 11.2. The number of aromatic nitrogens is 5. The quantitative estimate of drug-likeness (QED) is 0.342. The van der Waals surface area contributed by atoms with Crippen molar-refractivity contribution in [3.8, 4) is 16.9 Å². The fourth-order valence-corrected chi connectivity index (χ4v) is 4.05. The zero-order valence-electron chi connectivity index (χ0n) is 18.7. The maximum Gasteiger partial charge on any atom is 0.262 e. The summed E-state index contributed by atoms with van der Waals surface area (Å²) in [6, 6.07) is 23.6. The first-order valence-electron chi connectivity index (χ1n) is 10.9. The monoisotopic (exact) mass is 486 g/mol. The van der Waals surface area contributed by atoms with E-state index in [0.29, 0.717) is 27.5 Å². The highest BCUT2D eigenvalue weighted by atomic mass is 35.5. The first-order chi connectivity index (χ1) is 17.0. The molecule has 0 fully saturated rings. The summed E-state index contributed by atoms with van der Waals surface area (Å²) in [5, 5.41) is 12.1. The number of anilines is 1. The Bertz CT molecular complexity index is 1480. The van der Waals surface area contributed by atoms with Crippen molar-refractivity contribution in [3.63, 3.8) is 0 Å². The molecule has 0 saturated heterocycles. The molecule has 7 nitrogen and oxygen atoms in total. The lowest BCUT2D eigenvalue weighted by Gasteiger charge is -2.06. The van der Waals surface area contributed by atoms with Crippen molar-refractivity contribution in [2.24, 2.45) is 0 Å². The van der Waals surface area contributed by atoms with Crippen LogP contribution in [0.25, 0.3) is 16.9 Å². The van der Waals surface area contributed by atoms with Gasteiger partial charge in [-0.05, 0) is 31.2 Å². The number of halogens is 2. The molecule has 0 aliphatic heterocycles. The predicted molar refractivity (Wildman–Crippen MR) is 132 cm³/mol. The molecule has 0 atom stereocenters. The summed E-state index contributed by atoms with van der Waals surface area (Å²) < 4.78 is 17.3. The van der Waals surface area contributed by atoms with Gasteiger partial charge < -0.3 is 0 Å². The number of amides is 1. The number of benzene rings is 3. The Kier molecular flexibility index (Phi) is 6.12. The summed E-state index contributed by atoms with van der Waals surface area (Å²) in [6.07, 6.45) is 1.41. The van der Waals surface area contributed by atoms with Gasteiger partial charge in [-0.2, -0.15) is 5.10 Å². The maximum absolute atomic E-state index is 14.1. The lowest BCUT2D eigenvalue weighted by atomic mass is 10.1. The number of carbonyl (C=O) groups excluding carboxylic acids is 1. The zero-order chi connectivity index (χ0) is 24.4. The van der Waals surface area contributed by atoms with E-state index in [9.17, 15) is 9.18 Å². The number of carbonyl (C=O) groups is 1. The molecule has 0 spiro atoms. The third kappa shape index (κ3) is 4.56. The molecule has 0 radical (unpaired) electrons. The van der Waals surface area contributed by atoms with Crippen molar-refractivity contribution in [3.05, 3.63) is 113 Å². The first kappa shape index (κ1) is 22.5. The second kappa shape index (κ2) is 9.52. The SMILES string of the molecule is Cc1c(C(=O)Nc2ncn(Cc3c(F)cccc3Cl)n2)c(-c2ccccc2)nn1-c1ccccc1. The Morgan fingerprint density at radius 3 is 2.40 bits per heavy atom. The van der Waals surface area contributed by atoms with E-state index in [1.807, 2.05) is 67.6 Å². The minimum atomic E-state index is -0.435. The topological polar surface area (TPSA) is 77.6 Å². The van der Waals surface area contributed by atoms with Crippen molar-refractivity contribution < 1.29 is 9.18 Å². The fourth-order valence-electron chi connectivity index (χ4n) is 3.83. The van der Waals surface area contributed by atoms with Gasteiger partial charge in [0.2, 0.25) is 5.95 Å². The summed E-state index contributed by atoms with van der Waals surface area (Å²) in [7, 11) is 0. The molecule has 2 aromatic heterocycles. The van der Waals surface area contributed by atoms with Crippen molar-refractivity contribution in [1.29, 1.82) is 0 Å². The van der Waals surface area contributed by atoms with Crippen LogP contribution in [0.15, 0.2) is 85.2 Å². The van der Waals surface area contributed by atoms with Crippen LogP contribution in [0.2, 0.25) is 5.02 Å². The molecule has 0 unspecified atom stereocenters. The van der Waals surface area contributed by atoms with Gasteiger partial charge in [-0.15, -0.1) is 5.10 Å². The molecule has 1 amide bonds. The van der Waals surface area contributed by atoms with Crippen molar-refractivity contribution in [2.45, 2.75) is 13.5 Å². The average molecular weight is 487 g/mol. The lowest BCUT2D eigenvalue weighted by Crippen LogP contribution is -2.15. The fraction of sp³-hybridized carbons (Fsp3) is 0.0769. The van der Waals surface area contributed by atoms with Crippen LogP contribution < -0.4 is 5.32 Å². The molecule has 1 N–H and O–H groups in total. The van der Waals surface area contributed by atoms with E-state index in [-0.39, 0.29) is 12.5 Å². The largest absolute Gasteiger partial charge is 0.289 e. The Labute approximate surface area is 205 Å². The third-order valence-electron chi connectivity index (χ3n) is 5.53. The zero-order valence-corrected chi connectivity index (χ0v) is 19.4. The molecular weight excluding hydrogens is 467 g/mol. The van der Waals surface area contributed by atoms with Gasteiger partial charge in [0.25, 0.3) is 5.91 Å². The molecule has 0 saturated carbocycles. The summed E-state index contributed by atoms with van der Waals surface area (Å²) >= 11 is 6.12. The number of nitrogens with one attached hydrogen (secondary N) is 1. The van der Waals surface area contributed by atoms with Crippen LogP contribution in [-0.2, 0) is 6.54 Å². The Balaban J connectivity index is 1.46. The van der Waals surface area contributed by atoms with E-state index in [2.05, 4.69) is 15.4 Å². The minimum Gasteiger partial charge on any atom is -0.289 e. The Hall–Kier alpha value is -4.30. The Morgan fingerprint density at radius 2 is 1.69 bits per heavy atom. The van der Waals surface area contributed by atoms with E-state index in [1.165, 1.54) is 23.1 Å². The molecule has 2 heterocycles. The van der Waals surface area contributed by atoms with Crippen LogP contribution in [-0.4, -0.2) is 30.5 Å². The van der Waals surface area contributed by atoms with Crippen LogP contribution in [0.5, 0.6) is 0 Å². The van der Waals surface area contributed by atoms with Crippen molar-refractivity contribution in [1.82, 2.24) is 24.5 Å². The molecule has 5 rings (SSSR count). The van der Waals surface area contributed by atoms with Gasteiger partial charge in [0, 0.05) is 16.1 Å². The number of nitrogens with zero attached hydrogens (tertiary/aromatic N) is 5. The summed E-state index contributed by atoms with van der Waals surface area (Å²) in [4.78, 5) is 17.6. The summed E-state index contributed by atoms with van der Waals surface area (Å²) in [5.74, 6) is -0.742. The average Bonchev–Trinajstić information content (AvgIpc) is 3.46. The third-order valence-corrected chi connectivity index (χ3v) is 5.89. The second-order valence-corrected chi connectivity index (χ2v) is 8.25. The van der Waals surface area contributed by atoms with Crippen LogP contribution in [0, 0.1) is 12.7 Å². The van der Waals surface area contributed by atoms with Gasteiger partial charge in [0.05, 0.1) is 23.5 Å². The van der Waals surface area contributed by atoms with Crippen LogP contribution >= 0.6 is 11.6 Å². The number of hydrogen-bond acceptors (Lipinski definition) is 4. The molecule has 35 heavy (non-hydrogen) atoms. The number of hydrogen-bond donors (Lipinski definition) is 1. The molecule has 5 aromatic rings. The van der Waals surface area contributed by atoms with Crippen LogP contribution in [0.1, 0.15) is 21.6 Å². The van der Waals surface area contributed by atoms with Crippen LogP contribution in [0.3, 0.4) is 0 Å². The summed E-state index contributed by atoms with van der Waals surface area (Å²) in [6.45, 7) is 1.92. The maximum atomic E-state index is 14.1. The lowest BCUT2D eigenvalue weighted by molar-refractivity contribution is 0.102. The minimum absolute atomic E-state index is 0.0780. The van der Waals surface area contributed by atoms with Gasteiger partial charge in [-0.25, -0.2) is 18.7 Å². The molecule has 3 aromatic carbocycles. The smallest absolute Gasteiger partial charge is 0.262 e. The molecular formula is C26H20ClFN6O. The Morgan fingerprint density at radius 1 is 0.971 bits per heavy atom. The van der Waals surface area contributed by atoms with E-state index in [0.717, 1.165) is 11.3 Å². The molecule has 0 bridgehead atoms. The van der Waals surface area contributed by atoms with Crippen molar-refractivity contribution >= 4 is 23.5 Å². The van der Waals surface area contributed by atoms with Crippen LogP contribution in [0.4, 0.5) is 10.3 Å². The van der Waals surface area contributed by atoms with Gasteiger partial charge in [0.1, 0.15) is 17.8 Å². The normalized spacial score (nSPS) is 10.9. The molecule has 0 aliphatic rings. The summed E-state index contributed by atoms with van der Waals surface area (Å²) in [5.41, 5.74) is 3.57. The molecule has 174 valence electrons. The second-order valence-electron chi connectivity index (χ2n) is 7.84. The van der Waals surface area contributed by atoms with Gasteiger partial charge in [-0.1, -0.05) is 66.2 Å². The van der Waals surface area contributed by atoms with E-state index in [4.69, 9.17) is 16.7 Å². The molecule has 0 aliphatic carbocycles. The number of para-hydroxylation sites is 1. The van der Waals surface area contributed by atoms with Gasteiger partial charge in [-0.3, -0.25) is 10.1 Å². The number of rotatable bonds is 6. The van der Waals surface area contributed by atoms with E-state index >= 15 is 0 Å². The standard InChI is InChI=1S/C26H20ClFN6O/c1-17-23(24(18-9-4-2-5-10-18)31-34(17)19-11-6-3-7-12-19)25(35)30-26-29-16-33(32-26)15-20-21(27)13-8-14-22(20)28/h2-14,16H,15H2,1H3,(H,30,32,35). The highest BCUT2D eigenvalue weighted by Crippen LogP contribution is 2.28. The van der Waals surface area contributed by atoms with E-state index < -0.39 is 11.7 Å². The molecule has 9 heteroatoms. The van der Waals surface area contributed by atoms with Gasteiger partial charge >= 0.3 is 0 Å². The van der Waals surface area contributed by atoms with Gasteiger partial charge in [0.15, 0.2) is 0 Å².